The van der Waals surface area contributed by atoms with Crippen molar-refractivity contribution in [3.05, 3.63) is 68.9 Å². The summed E-state index contributed by atoms with van der Waals surface area (Å²) in [6.07, 6.45) is 2.42. The number of aromatic nitrogens is 3. The molecule has 0 aliphatic carbocycles. The van der Waals surface area contributed by atoms with Crippen LogP contribution in [-0.4, -0.2) is 14.4 Å². The van der Waals surface area contributed by atoms with Gasteiger partial charge in [-0.3, -0.25) is 4.40 Å². The van der Waals surface area contributed by atoms with Crippen LogP contribution in [0.4, 0.5) is 13.9 Å². The molecule has 0 radical (unpaired) electrons. The minimum absolute atomic E-state index is 0.269. The van der Waals surface area contributed by atoms with Crippen molar-refractivity contribution in [1.82, 2.24) is 14.4 Å². The van der Waals surface area contributed by atoms with Gasteiger partial charge in [-0.25, -0.2) is 18.7 Å². The highest BCUT2D eigenvalue weighted by Crippen LogP contribution is 2.31. The van der Waals surface area contributed by atoms with Gasteiger partial charge < -0.3 is 5.32 Å². The number of hydrogen-bond acceptors (Lipinski definition) is 5. The van der Waals surface area contributed by atoms with Crippen molar-refractivity contribution < 1.29 is 8.78 Å². The molecule has 3 aromatic heterocycles. The van der Waals surface area contributed by atoms with Crippen LogP contribution in [0.5, 0.6) is 0 Å². The molecule has 0 spiro atoms. The summed E-state index contributed by atoms with van der Waals surface area (Å²) in [6, 6.07) is 9.37. The van der Waals surface area contributed by atoms with Gasteiger partial charge in [-0.2, -0.15) is 5.26 Å². The molecule has 1 N–H and O–H groups in total. The van der Waals surface area contributed by atoms with Crippen molar-refractivity contribution in [2.24, 2.45) is 0 Å². The molecular formula is C20H14BrF2N5S. The van der Waals surface area contributed by atoms with Crippen LogP contribution in [0.3, 0.4) is 0 Å². The summed E-state index contributed by atoms with van der Waals surface area (Å²) in [4.78, 5) is 9.33. The largest absolute Gasteiger partial charge is 0.356 e. The van der Waals surface area contributed by atoms with Gasteiger partial charge in [0, 0.05) is 16.2 Å². The fraction of sp³-hybridized carbons (Fsp3) is 0.150. The number of pyridine rings is 1. The van der Waals surface area contributed by atoms with Crippen LogP contribution < -0.4 is 5.32 Å². The van der Waals surface area contributed by atoms with Gasteiger partial charge in [-0.05, 0) is 52.7 Å². The first kappa shape index (κ1) is 19.5. The molecule has 9 heteroatoms. The predicted molar refractivity (Wildman–Crippen MR) is 112 cm³/mol. The summed E-state index contributed by atoms with van der Waals surface area (Å²) >= 11 is 4.53. The van der Waals surface area contributed by atoms with E-state index in [1.807, 2.05) is 6.92 Å². The molecule has 29 heavy (non-hydrogen) atoms. The van der Waals surface area contributed by atoms with Crippen LogP contribution in [0, 0.1) is 23.0 Å². The average Bonchev–Trinajstić information content (AvgIpc) is 3.28. The maximum absolute atomic E-state index is 14.3. The average molecular weight is 474 g/mol. The molecule has 1 aromatic carbocycles. The van der Waals surface area contributed by atoms with Crippen molar-refractivity contribution in [3.63, 3.8) is 0 Å². The van der Waals surface area contributed by atoms with Crippen molar-refractivity contribution in [2.75, 3.05) is 5.32 Å². The lowest BCUT2D eigenvalue weighted by atomic mass is 10.1. The van der Waals surface area contributed by atoms with E-state index in [1.54, 1.807) is 22.7 Å². The Balaban J connectivity index is 1.66. The Morgan fingerprint density at radius 3 is 2.69 bits per heavy atom. The minimum atomic E-state index is -0.403. The van der Waals surface area contributed by atoms with E-state index in [0.29, 0.717) is 38.7 Å². The van der Waals surface area contributed by atoms with E-state index in [1.165, 1.54) is 29.5 Å². The second-order valence-electron chi connectivity index (χ2n) is 6.23. The predicted octanol–water partition coefficient (Wildman–Crippen LogP) is 5.54. The number of nitrogens with one attached hydrogen (secondary N) is 1. The van der Waals surface area contributed by atoms with Gasteiger partial charge in [0.15, 0.2) is 16.6 Å². The van der Waals surface area contributed by atoms with Crippen LogP contribution in [0.15, 0.2) is 41.0 Å². The molecule has 0 amide bonds. The zero-order chi connectivity index (χ0) is 20.5. The van der Waals surface area contributed by atoms with Gasteiger partial charge in [0.1, 0.15) is 22.5 Å². The van der Waals surface area contributed by atoms with E-state index >= 15 is 0 Å². The zero-order valence-corrected chi connectivity index (χ0v) is 17.6. The number of fused-ring (bicyclic) bond motifs is 1. The van der Waals surface area contributed by atoms with Gasteiger partial charge in [0.25, 0.3) is 0 Å². The number of thiazole rings is 1. The highest BCUT2D eigenvalue weighted by Gasteiger charge is 2.17. The maximum Gasteiger partial charge on any atom is 0.184 e. The highest BCUT2D eigenvalue weighted by atomic mass is 79.9. The first-order valence-corrected chi connectivity index (χ1v) is 10.4. The molecule has 4 rings (SSSR count). The number of nitriles is 1. The zero-order valence-electron chi connectivity index (χ0n) is 15.2. The van der Waals surface area contributed by atoms with Gasteiger partial charge in [0.05, 0.1) is 17.9 Å². The summed E-state index contributed by atoms with van der Waals surface area (Å²) in [5, 5.41) is 13.2. The molecular weight excluding hydrogens is 460 g/mol. The van der Waals surface area contributed by atoms with Crippen LogP contribution in [-0.2, 0) is 13.0 Å². The summed E-state index contributed by atoms with van der Waals surface area (Å²) in [6.45, 7) is 2.32. The topological polar surface area (TPSA) is 66.0 Å². The summed E-state index contributed by atoms with van der Waals surface area (Å²) in [7, 11) is 0. The van der Waals surface area contributed by atoms with E-state index in [0.717, 1.165) is 11.4 Å². The van der Waals surface area contributed by atoms with Gasteiger partial charge in [0.2, 0.25) is 0 Å². The SMILES string of the molecule is CCc1nc2c(F)cc(Br)cn2c1CNc1nc(-c2ccc(F)cc2)c(C#N)s1. The van der Waals surface area contributed by atoms with E-state index in [-0.39, 0.29) is 11.5 Å². The Hall–Kier alpha value is -2.83. The number of benzene rings is 1. The summed E-state index contributed by atoms with van der Waals surface area (Å²) in [5.41, 5.74) is 3.04. The van der Waals surface area contributed by atoms with Crippen LogP contribution in [0.25, 0.3) is 16.9 Å². The number of rotatable bonds is 5. The van der Waals surface area contributed by atoms with E-state index in [4.69, 9.17) is 0 Å². The molecule has 0 fully saturated rings. The van der Waals surface area contributed by atoms with Gasteiger partial charge >= 0.3 is 0 Å². The van der Waals surface area contributed by atoms with Crippen LogP contribution >= 0.6 is 27.3 Å². The Morgan fingerprint density at radius 1 is 1.24 bits per heavy atom. The molecule has 146 valence electrons. The quantitative estimate of drug-likeness (QED) is 0.412. The lowest BCUT2D eigenvalue weighted by molar-refractivity contribution is 0.627. The molecule has 3 heterocycles. The van der Waals surface area contributed by atoms with Crippen molar-refractivity contribution >= 4 is 38.0 Å². The highest BCUT2D eigenvalue weighted by molar-refractivity contribution is 9.10. The molecule has 0 bridgehead atoms. The smallest absolute Gasteiger partial charge is 0.184 e. The first-order valence-electron chi connectivity index (χ1n) is 8.75. The molecule has 0 atom stereocenters. The number of halogens is 3. The van der Waals surface area contributed by atoms with Crippen molar-refractivity contribution in [3.8, 4) is 17.3 Å². The monoisotopic (exact) mass is 473 g/mol. The molecule has 0 saturated carbocycles. The molecule has 0 unspecified atom stereocenters. The van der Waals surface area contributed by atoms with Crippen LogP contribution in [0.1, 0.15) is 23.2 Å². The Kier molecular flexibility index (Phi) is 5.30. The second kappa shape index (κ2) is 7.89. The summed E-state index contributed by atoms with van der Waals surface area (Å²) in [5.74, 6) is -0.751. The van der Waals surface area contributed by atoms with Gasteiger partial charge in [-0.15, -0.1) is 0 Å². The number of anilines is 1. The third-order valence-electron chi connectivity index (χ3n) is 4.41. The lowest BCUT2D eigenvalue weighted by Gasteiger charge is -2.06. The minimum Gasteiger partial charge on any atom is -0.356 e. The molecule has 0 aliphatic heterocycles. The van der Waals surface area contributed by atoms with Crippen molar-refractivity contribution in [2.45, 2.75) is 19.9 Å². The Labute approximate surface area is 177 Å². The number of imidazole rings is 1. The number of aryl methyl sites for hydroxylation is 1. The summed E-state index contributed by atoms with van der Waals surface area (Å²) < 4.78 is 29.8. The van der Waals surface area contributed by atoms with Gasteiger partial charge in [-0.1, -0.05) is 18.3 Å². The van der Waals surface area contributed by atoms with Crippen LogP contribution in [0.2, 0.25) is 0 Å². The standard InChI is InChI=1S/C20H14BrF2N5S/c1-2-15-16(28-10-12(21)7-14(23)19(28)26-15)9-25-20-27-18(17(8-24)29-20)11-3-5-13(22)6-4-11/h3-7,10H,2,9H2,1H3,(H,25,27). The van der Waals surface area contributed by atoms with Crippen molar-refractivity contribution in [1.29, 1.82) is 5.26 Å². The molecule has 5 nitrogen and oxygen atoms in total. The third-order valence-corrected chi connectivity index (χ3v) is 5.76. The maximum atomic E-state index is 14.3. The number of hydrogen-bond donors (Lipinski definition) is 1. The molecule has 0 saturated heterocycles. The number of nitrogens with zero attached hydrogens (tertiary/aromatic N) is 4. The molecule has 0 aliphatic rings. The van der Waals surface area contributed by atoms with E-state index in [2.05, 4.69) is 37.3 Å². The first-order chi connectivity index (χ1) is 14.0. The lowest BCUT2D eigenvalue weighted by Crippen LogP contribution is -2.05. The normalized spacial score (nSPS) is 11.0. The Bertz CT molecular complexity index is 1240. The Morgan fingerprint density at radius 2 is 2.00 bits per heavy atom. The molecule has 4 aromatic rings. The fourth-order valence-electron chi connectivity index (χ4n) is 3.07. The third kappa shape index (κ3) is 3.73. The second-order valence-corrected chi connectivity index (χ2v) is 8.14. The fourth-order valence-corrected chi connectivity index (χ4v) is 4.26. The van der Waals surface area contributed by atoms with E-state index < -0.39 is 5.82 Å². The van der Waals surface area contributed by atoms with E-state index in [9.17, 15) is 14.0 Å².